The summed E-state index contributed by atoms with van der Waals surface area (Å²) in [5.41, 5.74) is 0. The first-order valence-electron chi connectivity index (χ1n) is 5.83. The van der Waals surface area contributed by atoms with Crippen molar-refractivity contribution in [2.75, 3.05) is 33.2 Å². The van der Waals surface area contributed by atoms with Gasteiger partial charge in [-0.3, -0.25) is 9.69 Å². The highest BCUT2D eigenvalue weighted by Crippen LogP contribution is 2.09. The minimum absolute atomic E-state index is 0.00278. The van der Waals surface area contributed by atoms with Crippen LogP contribution in [0, 0.1) is 0 Å². The number of hydrogen-bond acceptors (Lipinski definition) is 3. The fraction of sp³-hybridized carbons (Fsp3) is 0.909. The first-order chi connectivity index (χ1) is 7.11. The molecule has 0 saturated carbocycles. The average Bonchev–Trinajstić information content (AvgIpc) is 2.15. The van der Waals surface area contributed by atoms with Crippen LogP contribution in [0.1, 0.15) is 20.8 Å². The second-order valence-electron chi connectivity index (χ2n) is 4.16. The lowest BCUT2D eigenvalue weighted by molar-refractivity contribution is -0.136. The van der Waals surface area contributed by atoms with Crippen LogP contribution in [0.5, 0.6) is 0 Å². The molecule has 1 amide bonds. The van der Waals surface area contributed by atoms with Gasteiger partial charge in [-0.15, -0.1) is 0 Å². The number of nitrogens with one attached hydrogen (secondary N) is 1. The molecule has 4 heteroatoms. The second-order valence-corrected chi connectivity index (χ2v) is 4.16. The van der Waals surface area contributed by atoms with Gasteiger partial charge >= 0.3 is 0 Å². The molecule has 88 valence electrons. The molecule has 1 saturated heterocycles. The van der Waals surface area contributed by atoms with Crippen molar-refractivity contribution in [2.45, 2.75) is 32.9 Å². The molecule has 4 nitrogen and oxygen atoms in total. The largest absolute Gasteiger partial charge is 0.342 e. The zero-order chi connectivity index (χ0) is 11.4. The number of rotatable bonds is 5. The van der Waals surface area contributed by atoms with Gasteiger partial charge in [-0.1, -0.05) is 0 Å². The number of likely N-dealkylation sites (N-methyl/N-ethyl adjacent to an activating group) is 2. The predicted octanol–water partition coefficient (Wildman–Crippen LogP) is 0.147. The third-order valence-electron chi connectivity index (χ3n) is 3.38. The van der Waals surface area contributed by atoms with Gasteiger partial charge in [-0.05, 0) is 27.8 Å². The van der Waals surface area contributed by atoms with Gasteiger partial charge in [0.05, 0.1) is 6.04 Å². The maximum Gasteiger partial charge on any atom is 0.239 e. The Hall–Kier alpha value is -0.610. The monoisotopic (exact) mass is 213 g/mol. The summed E-state index contributed by atoms with van der Waals surface area (Å²) in [6.45, 7) is 9.67. The molecule has 0 spiro atoms. The van der Waals surface area contributed by atoms with Crippen LogP contribution in [0.3, 0.4) is 0 Å². The molecular weight excluding hydrogens is 190 g/mol. The van der Waals surface area contributed by atoms with Crippen molar-refractivity contribution in [3.8, 4) is 0 Å². The Morgan fingerprint density at radius 1 is 1.40 bits per heavy atom. The zero-order valence-corrected chi connectivity index (χ0v) is 10.3. The Labute approximate surface area is 92.6 Å². The summed E-state index contributed by atoms with van der Waals surface area (Å²) in [7, 11) is 2.04. The van der Waals surface area contributed by atoms with E-state index in [0.717, 1.165) is 26.2 Å². The summed E-state index contributed by atoms with van der Waals surface area (Å²) in [5, 5.41) is 3.23. The van der Waals surface area contributed by atoms with Gasteiger partial charge in [0.25, 0.3) is 0 Å². The first kappa shape index (κ1) is 12.5. The highest BCUT2D eigenvalue weighted by molar-refractivity contribution is 5.81. The Balaban J connectivity index is 2.49. The van der Waals surface area contributed by atoms with Crippen LogP contribution < -0.4 is 5.32 Å². The highest BCUT2D eigenvalue weighted by atomic mass is 16.2. The Morgan fingerprint density at radius 3 is 2.27 bits per heavy atom. The van der Waals surface area contributed by atoms with E-state index >= 15 is 0 Å². The maximum absolute atomic E-state index is 12.1. The van der Waals surface area contributed by atoms with E-state index in [9.17, 15) is 4.79 Å². The van der Waals surface area contributed by atoms with E-state index in [1.165, 1.54) is 0 Å². The van der Waals surface area contributed by atoms with Crippen molar-refractivity contribution in [3.05, 3.63) is 0 Å². The van der Waals surface area contributed by atoms with E-state index in [1.807, 2.05) is 32.7 Å². The van der Waals surface area contributed by atoms with Crippen molar-refractivity contribution >= 4 is 5.91 Å². The molecule has 1 N–H and O–H groups in total. The Bertz CT molecular complexity index is 212. The van der Waals surface area contributed by atoms with Crippen molar-refractivity contribution in [1.29, 1.82) is 0 Å². The SMILES string of the molecule is CCN(CC)C(=O)C(C)N(C)C1CNC1. The standard InChI is InChI=1S/C11H23N3O/c1-5-14(6-2)11(15)9(3)13(4)10-7-12-8-10/h9-10,12H,5-8H2,1-4H3. The molecule has 1 aliphatic rings. The van der Waals surface area contributed by atoms with E-state index < -0.39 is 0 Å². The molecular formula is C11H23N3O. The fourth-order valence-corrected chi connectivity index (χ4v) is 1.85. The summed E-state index contributed by atoms with van der Waals surface area (Å²) in [4.78, 5) is 16.1. The van der Waals surface area contributed by atoms with Crippen LogP contribution >= 0.6 is 0 Å². The molecule has 1 aliphatic heterocycles. The zero-order valence-electron chi connectivity index (χ0n) is 10.3. The number of carbonyl (C=O) groups is 1. The summed E-state index contributed by atoms with van der Waals surface area (Å²) >= 11 is 0. The molecule has 0 aliphatic carbocycles. The molecule has 0 bridgehead atoms. The summed E-state index contributed by atoms with van der Waals surface area (Å²) in [6.07, 6.45) is 0. The van der Waals surface area contributed by atoms with Crippen LogP contribution in [0.4, 0.5) is 0 Å². The van der Waals surface area contributed by atoms with Crippen molar-refractivity contribution in [1.82, 2.24) is 15.1 Å². The number of nitrogens with zero attached hydrogens (tertiary/aromatic N) is 2. The van der Waals surface area contributed by atoms with Crippen LogP contribution in [0.2, 0.25) is 0 Å². The predicted molar refractivity (Wildman–Crippen MR) is 61.8 cm³/mol. The van der Waals surface area contributed by atoms with E-state index in [0.29, 0.717) is 6.04 Å². The number of hydrogen-bond donors (Lipinski definition) is 1. The van der Waals surface area contributed by atoms with E-state index in [2.05, 4.69) is 10.2 Å². The van der Waals surface area contributed by atoms with E-state index in [1.54, 1.807) is 0 Å². The first-order valence-corrected chi connectivity index (χ1v) is 5.83. The Morgan fingerprint density at radius 2 is 1.93 bits per heavy atom. The third-order valence-corrected chi connectivity index (χ3v) is 3.38. The second kappa shape index (κ2) is 5.47. The lowest BCUT2D eigenvalue weighted by atomic mass is 10.1. The highest BCUT2D eigenvalue weighted by Gasteiger charge is 2.30. The number of amides is 1. The van der Waals surface area contributed by atoms with Gasteiger partial charge in [0.2, 0.25) is 5.91 Å². The van der Waals surface area contributed by atoms with Crippen LogP contribution in [-0.4, -0.2) is 61.0 Å². The Kier molecular flexibility index (Phi) is 4.54. The molecule has 1 unspecified atom stereocenters. The van der Waals surface area contributed by atoms with E-state index in [-0.39, 0.29) is 11.9 Å². The van der Waals surface area contributed by atoms with Crippen molar-refractivity contribution in [3.63, 3.8) is 0 Å². The molecule has 1 rings (SSSR count). The molecule has 0 aromatic carbocycles. The molecule has 1 heterocycles. The van der Waals surface area contributed by atoms with E-state index in [4.69, 9.17) is 0 Å². The smallest absolute Gasteiger partial charge is 0.239 e. The van der Waals surface area contributed by atoms with Gasteiger partial charge in [0.15, 0.2) is 0 Å². The molecule has 0 aromatic heterocycles. The quantitative estimate of drug-likeness (QED) is 0.706. The van der Waals surface area contributed by atoms with Gasteiger partial charge in [0, 0.05) is 32.2 Å². The lowest BCUT2D eigenvalue weighted by Gasteiger charge is -2.39. The maximum atomic E-state index is 12.1. The van der Waals surface area contributed by atoms with Gasteiger partial charge in [-0.25, -0.2) is 0 Å². The minimum Gasteiger partial charge on any atom is -0.342 e. The topological polar surface area (TPSA) is 35.6 Å². The molecule has 15 heavy (non-hydrogen) atoms. The normalized spacial score (nSPS) is 18.7. The third kappa shape index (κ3) is 2.69. The van der Waals surface area contributed by atoms with Gasteiger partial charge in [-0.2, -0.15) is 0 Å². The summed E-state index contributed by atoms with van der Waals surface area (Å²) < 4.78 is 0. The lowest BCUT2D eigenvalue weighted by Crippen LogP contribution is -2.60. The van der Waals surface area contributed by atoms with Crippen LogP contribution in [-0.2, 0) is 4.79 Å². The van der Waals surface area contributed by atoms with Crippen molar-refractivity contribution in [2.24, 2.45) is 0 Å². The van der Waals surface area contributed by atoms with Crippen molar-refractivity contribution < 1.29 is 4.79 Å². The average molecular weight is 213 g/mol. The number of carbonyl (C=O) groups excluding carboxylic acids is 1. The fourth-order valence-electron chi connectivity index (χ4n) is 1.85. The van der Waals surface area contributed by atoms with Gasteiger partial charge in [0.1, 0.15) is 0 Å². The van der Waals surface area contributed by atoms with Crippen LogP contribution in [0.15, 0.2) is 0 Å². The molecule has 1 fully saturated rings. The van der Waals surface area contributed by atoms with Gasteiger partial charge < -0.3 is 10.2 Å². The molecule has 0 aromatic rings. The minimum atomic E-state index is -0.00278. The summed E-state index contributed by atoms with van der Waals surface area (Å²) in [5.74, 6) is 0.245. The molecule has 1 atom stereocenters. The molecule has 0 radical (unpaired) electrons. The van der Waals surface area contributed by atoms with Crippen LogP contribution in [0.25, 0.3) is 0 Å². The summed E-state index contributed by atoms with van der Waals surface area (Å²) in [6, 6.07) is 0.525.